The van der Waals surface area contributed by atoms with Gasteiger partial charge in [0, 0.05) is 45.3 Å². The summed E-state index contributed by atoms with van der Waals surface area (Å²) in [6.45, 7) is 5.52. The number of carbonyl (C=O) groups is 2. The van der Waals surface area contributed by atoms with Crippen molar-refractivity contribution in [2.45, 2.75) is 49.9 Å². The molecular weight excluding hydrogens is 577 g/mol. The Morgan fingerprint density at radius 2 is 1.77 bits per heavy atom. The summed E-state index contributed by atoms with van der Waals surface area (Å²) in [4.78, 5) is 35.5. The SMILES string of the molecule is CC(C)(C)OC(=O)NC1CC(=O)N(c2ccc(S(=O)(=O)N3CCN(c4cc(C(F)(F)F)cc(Cl)n4)CC3)cn2)C1. The van der Waals surface area contributed by atoms with Gasteiger partial charge in [0.2, 0.25) is 15.9 Å². The second-order valence-corrected chi connectivity index (χ2v) is 12.7. The van der Waals surface area contributed by atoms with Crippen LogP contribution in [0.4, 0.5) is 29.6 Å². The van der Waals surface area contributed by atoms with Crippen LogP contribution in [0.3, 0.4) is 0 Å². The van der Waals surface area contributed by atoms with Gasteiger partial charge in [0.25, 0.3) is 0 Å². The summed E-state index contributed by atoms with van der Waals surface area (Å²) >= 11 is 5.78. The largest absolute Gasteiger partial charge is 0.444 e. The minimum absolute atomic E-state index is 0.00224. The van der Waals surface area contributed by atoms with Gasteiger partial charge in [-0.2, -0.15) is 17.5 Å². The molecule has 1 N–H and O–H groups in total. The Labute approximate surface area is 234 Å². The Kier molecular flexibility index (Phi) is 8.20. The number of sulfonamides is 1. The van der Waals surface area contributed by atoms with Gasteiger partial charge in [0.15, 0.2) is 0 Å². The molecule has 2 saturated heterocycles. The third kappa shape index (κ3) is 6.93. The van der Waals surface area contributed by atoms with E-state index in [0.29, 0.717) is 0 Å². The van der Waals surface area contributed by atoms with Crippen molar-refractivity contribution in [3.63, 3.8) is 0 Å². The van der Waals surface area contributed by atoms with Gasteiger partial charge < -0.3 is 15.0 Å². The summed E-state index contributed by atoms with van der Waals surface area (Å²) in [7, 11) is -3.96. The van der Waals surface area contributed by atoms with E-state index in [-0.39, 0.29) is 66.7 Å². The number of anilines is 2. The van der Waals surface area contributed by atoms with E-state index in [1.165, 1.54) is 26.2 Å². The number of carbonyl (C=O) groups excluding carboxylic acids is 2. The zero-order valence-corrected chi connectivity index (χ0v) is 23.5. The maximum atomic E-state index is 13.2. The lowest BCUT2D eigenvalue weighted by atomic mass is 10.2. The van der Waals surface area contributed by atoms with Crippen LogP contribution in [0.2, 0.25) is 5.15 Å². The monoisotopic (exact) mass is 604 g/mol. The van der Waals surface area contributed by atoms with Crippen molar-refractivity contribution in [2.75, 3.05) is 42.5 Å². The van der Waals surface area contributed by atoms with Crippen LogP contribution in [-0.2, 0) is 25.7 Å². The summed E-state index contributed by atoms with van der Waals surface area (Å²) in [6, 6.07) is 3.86. The van der Waals surface area contributed by atoms with Gasteiger partial charge in [-0.15, -0.1) is 0 Å². The molecule has 2 aromatic heterocycles. The van der Waals surface area contributed by atoms with Gasteiger partial charge in [-0.05, 0) is 45.0 Å². The van der Waals surface area contributed by atoms with E-state index >= 15 is 0 Å². The van der Waals surface area contributed by atoms with Crippen LogP contribution < -0.4 is 15.1 Å². The number of hydrogen-bond donors (Lipinski definition) is 1. The lowest BCUT2D eigenvalue weighted by molar-refractivity contribution is -0.137. The Bertz CT molecular complexity index is 1380. The number of amides is 2. The maximum Gasteiger partial charge on any atom is 0.416 e. The average Bonchev–Trinajstić information content (AvgIpc) is 3.21. The highest BCUT2D eigenvalue weighted by atomic mass is 35.5. The minimum Gasteiger partial charge on any atom is -0.444 e. The van der Waals surface area contributed by atoms with Gasteiger partial charge >= 0.3 is 12.3 Å². The zero-order valence-electron chi connectivity index (χ0n) is 21.9. The molecule has 2 fully saturated rings. The second-order valence-electron chi connectivity index (χ2n) is 10.3. The fourth-order valence-electron chi connectivity index (χ4n) is 4.30. The van der Waals surface area contributed by atoms with E-state index in [2.05, 4.69) is 15.3 Å². The molecule has 0 radical (unpaired) electrons. The van der Waals surface area contributed by atoms with E-state index in [1.807, 2.05) is 0 Å². The Morgan fingerprint density at radius 3 is 2.35 bits per heavy atom. The molecule has 4 rings (SSSR count). The molecule has 0 bridgehead atoms. The standard InChI is InChI=1S/C24H28ClF3N6O5S/c1-23(2,3)39-22(36)30-16-12-21(35)34(14-16)19-5-4-17(13-29-19)40(37,38)33-8-6-32(7-9-33)20-11-15(24(26,27)28)10-18(25)31-20/h4-5,10-11,13,16H,6-9,12,14H2,1-3H3,(H,30,36). The highest BCUT2D eigenvalue weighted by Crippen LogP contribution is 2.33. The minimum atomic E-state index is -4.60. The highest BCUT2D eigenvalue weighted by molar-refractivity contribution is 7.89. The number of rotatable bonds is 5. The molecule has 2 aromatic rings. The van der Waals surface area contributed by atoms with E-state index in [1.54, 1.807) is 20.8 Å². The number of alkyl carbamates (subject to hydrolysis) is 1. The first-order valence-corrected chi connectivity index (χ1v) is 14.1. The first kappa shape index (κ1) is 29.8. The lowest BCUT2D eigenvalue weighted by Gasteiger charge is -2.34. The molecule has 218 valence electrons. The summed E-state index contributed by atoms with van der Waals surface area (Å²) in [5, 5.41) is 2.34. The van der Waals surface area contributed by atoms with Crippen LogP contribution in [-0.4, -0.2) is 79.1 Å². The first-order chi connectivity index (χ1) is 18.5. The molecule has 11 nitrogen and oxygen atoms in total. The van der Waals surface area contributed by atoms with Crippen molar-refractivity contribution in [3.8, 4) is 0 Å². The molecule has 1 unspecified atom stereocenters. The molecule has 0 spiro atoms. The fourth-order valence-corrected chi connectivity index (χ4v) is 5.87. The summed E-state index contributed by atoms with van der Waals surface area (Å²) in [5.74, 6) is -0.0454. The predicted octanol–water partition coefficient (Wildman–Crippen LogP) is 3.29. The van der Waals surface area contributed by atoms with E-state index in [4.69, 9.17) is 16.3 Å². The normalized spacial score (nSPS) is 19.2. The van der Waals surface area contributed by atoms with Crippen LogP contribution in [0.15, 0.2) is 35.4 Å². The number of alkyl halides is 3. The maximum absolute atomic E-state index is 13.2. The molecule has 2 aliphatic rings. The second kappa shape index (κ2) is 11.0. The Morgan fingerprint density at radius 1 is 1.10 bits per heavy atom. The molecule has 0 aromatic carbocycles. The van der Waals surface area contributed by atoms with Crippen molar-refractivity contribution in [1.29, 1.82) is 0 Å². The molecule has 40 heavy (non-hydrogen) atoms. The van der Waals surface area contributed by atoms with Crippen molar-refractivity contribution < 1.29 is 35.9 Å². The van der Waals surface area contributed by atoms with E-state index in [0.717, 1.165) is 18.3 Å². The number of piperazine rings is 1. The van der Waals surface area contributed by atoms with Gasteiger partial charge in [0.05, 0.1) is 11.6 Å². The topological polar surface area (TPSA) is 125 Å². The highest BCUT2D eigenvalue weighted by Gasteiger charge is 2.35. The third-order valence-electron chi connectivity index (χ3n) is 6.15. The molecule has 0 aliphatic carbocycles. The van der Waals surface area contributed by atoms with Crippen LogP contribution in [0.5, 0.6) is 0 Å². The van der Waals surface area contributed by atoms with Crippen LogP contribution in [0.1, 0.15) is 32.8 Å². The Hall–Kier alpha value is -3.17. The van der Waals surface area contributed by atoms with E-state index in [9.17, 15) is 31.2 Å². The Balaban J connectivity index is 1.38. The van der Waals surface area contributed by atoms with Crippen LogP contribution >= 0.6 is 11.6 Å². The quantitative estimate of drug-likeness (QED) is 0.516. The molecule has 2 amide bonds. The van der Waals surface area contributed by atoms with Gasteiger partial charge in [-0.1, -0.05) is 11.6 Å². The molecule has 16 heteroatoms. The number of halogens is 4. The number of nitrogens with one attached hydrogen (secondary N) is 1. The van der Waals surface area contributed by atoms with Crippen LogP contribution in [0.25, 0.3) is 0 Å². The first-order valence-electron chi connectivity index (χ1n) is 12.3. The van der Waals surface area contributed by atoms with E-state index < -0.39 is 39.5 Å². The van der Waals surface area contributed by atoms with Gasteiger partial charge in [-0.25, -0.2) is 23.2 Å². The molecule has 1 atom stereocenters. The molecule has 4 heterocycles. The lowest BCUT2D eigenvalue weighted by Crippen LogP contribution is -2.49. The summed E-state index contributed by atoms with van der Waals surface area (Å²) < 4.78 is 72.3. The summed E-state index contributed by atoms with van der Waals surface area (Å²) in [6.07, 6.45) is -4.06. The van der Waals surface area contributed by atoms with Crippen LogP contribution in [0, 0.1) is 0 Å². The van der Waals surface area contributed by atoms with Crippen molar-refractivity contribution in [2.24, 2.45) is 0 Å². The molecule has 2 aliphatic heterocycles. The average molecular weight is 605 g/mol. The van der Waals surface area contributed by atoms with Crippen molar-refractivity contribution in [1.82, 2.24) is 19.6 Å². The van der Waals surface area contributed by atoms with Gasteiger partial charge in [0.1, 0.15) is 27.3 Å². The number of hydrogen-bond acceptors (Lipinski definition) is 8. The number of pyridine rings is 2. The molecular formula is C24H28ClF3N6O5S. The zero-order chi connectivity index (χ0) is 29.5. The number of ether oxygens (including phenoxy) is 1. The van der Waals surface area contributed by atoms with Gasteiger partial charge in [-0.3, -0.25) is 9.69 Å². The third-order valence-corrected chi connectivity index (χ3v) is 8.23. The smallest absolute Gasteiger partial charge is 0.416 e. The predicted molar refractivity (Wildman–Crippen MR) is 140 cm³/mol. The molecule has 0 saturated carbocycles. The van der Waals surface area contributed by atoms with Crippen molar-refractivity contribution >= 4 is 45.3 Å². The number of aromatic nitrogens is 2. The fraction of sp³-hybridized carbons (Fsp3) is 0.500. The van der Waals surface area contributed by atoms with Crippen molar-refractivity contribution in [3.05, 3.63) is 41.2 Å². The summed E-state index contributed by atoms with van der Waals surface area (Å²) in [5.41, 5.74) is -1.63. The number of nitrogens with zero attached hydrogens (tertiary/aromatic N) is 5.